The fourth-order valence-electron chi connectivity index (χ4n) is 2.31. The molecule has 0 aromatic heterocycles. The number of urea groups is 1. The molecule has 0 aliphatic carbocycles. The van der Waals surface area contributed by atoms with Crippen molar-refractivity contribution in [1.82, 2.24) is 4.90 Å². The van der Waals surface area contributed by atoms with Crippen molar-refractivity contribution in [3.05, 3.63) is 59.4 Å². The Balaban J connectivity index is 2.24. The van der Waals surface area contributed by atoms with Crippen LogP contribution in [0.2, 0.25) is 0 Å². The number of benzene rings is 2. The summed E-state index contributed by atoms with van der Waals surface area (Å²) in [5.41, 5.74) is -1.57. The molecule has 5 nitrogen and oxygen atoms in total. The Morgan fingerprint density at radius 2 is 1.53 bits per heavy atom. The fourth-order valence-corrected chi connectivity index (χ4v) is 2.31. The van der Waals surface area contributed by atoms with Gasteiger partial charge < -0.3 is 4.74 Å². The van der Waals surface area contributed by atoms with Crippen LogP contribution in [-0.2, 0) is 0 Å². The number of alkyl halides is 4. The van der Waals surface area contributed by atoms with E-state index in [1.165, 1.54) is 0 Å². The van der Waals surface area contributed by atoms with Crippen LogP contribution in [0.15, 0.2) is 36.4 Å². The molecule has 2 rings (SSSR count). The molecule has 0 radical (unpaired) electrons. The molecular weight excluding hydrogens is 425 g/mol. The Labute approximate surface area is 165 Å². The first-order valence-electron chi connectivity index (χ1n) is 8.01. The number of imide groups is 1. The lowest BCUT2D eigenvalue weighted by atomic mass is 10.1. The third-order valence-electron chi connectivity index (χ3n) is 3.84. The van der Waals surface area contributed by atoms with E-state index in [1.54, 1.807) is 0 Å². The summed E-state index contributed by atoms with van der Waals surface area (Å²) in [4.78, 5) is 25.5. The van der Waals surface area contributed by atoms with Gasteiger partial charge in [-0.3, -0.25) is 14.6 Å². The number of amides is 3. The molecule has 30 heavy (non-hydrogen) atoms. The van der Waals surface area contributed by atoms with Gasteiger partial charge in [0, 0.05) is 20.2 Å². The van der Waals surface area contributed by atoms with Crippen LogP contribution in [0.25, 0.3) is 0 Å². The molecule has 0 saturated heterocycles. The van der Waals surface area contributed by atoms with Crippen LogP contribution >= 0.6 is 0 Å². The number of carbonyl (C=O) groups is 2. The minimum absolute atomic E-state index is 0.302. The van der Waals surface area contributed by atoms with Gasteiger partial charge in [0.15, 0.2) is 5.82 Å². The highest BCUT2D eigenvalue weighted by atomic mass is 19.3. The molecule has 0 saturated carbocycles. The molecule has 0 bridgehead atoms. The Morgan fingerprint density at radius 3 is 2.03 bits per heavy atom. The van der Waals surface area contributed by atoms with Gasteiger partial charge in [0.05, 0.1) is 5.69 Å². The SMILES string of the molecule is CN(C(=O)c1c(F)cccc1F)C(=O)N(C)c1ccc(OC(F)(F)C(F)F)cc1F. The molecule has 12 heteroatoms. The average Bonchev–Trinajstić information content (AvgIpc) is 2.65. The second kappa shape index (κ2) is 8.59. The van der Waals surface area contributed by atoms with Gasteiger partial charge in [-0.25, -0.2) is 18.0 Å². The Kier molecular flexibility index (Phi) is 6.58. The van der Waals surface area contributed by atoms with E-state index in [-0.39, 0.29) is 0 Å². The third kappa shape index (κ3) is 4.63. The molecule has 0 fully saturated rings. The zero-order valence-electron chi connectivity index (χ0n) is 15.3. The second-order valence-electron chi connectivity index (χ2n) is 5.88. The van der Waals surface area contributed by atoms with Crippen molar-refractivity contribution in [3.63, 3.8) is 0 Å². The molecular formula is C18H13F7N2O3. The minimum atomic E-state index is -4.87. The topological polar surface area (TPSA) is 49.9 Å². The molecule has 0 N–H and O–H groups in total. The average molecular weight is 438 g/mol. The van der Waals surface area contributed by atoms with Crippen molar-refractivity contribution >= 4 is 17.6 Å². The number of rotatable bonds is 5. The van der Waals surface area contributed by atoms with Crippen LogP contribution < -0.4 is 9.64 Å². The van der Waals surface area contributed by atoms with Gasteiger partial charge in [-0.05, 0) is 24.3 Å². The number of carbonyl (C=O) groups excluding carboxylic acids is 2. The van der Waals surface area contributed by atoms with Gasteiger partial charge in [0.1, 0.15) is 22.9 Å². The van der Waals surface area contributed by atoms with Crippen molar-refractivity contribution in [2.45, 2.75) is 12.5 Å². The number of ether oxygens (including phenoxy) is 1. The van der Waals surface area contributed by atoms with E-state index in [9.17, 15) is 40.3 Å². The van der Waals surface area contributed by atoms with Gasteiger partial charge in [0.25, 0.3) is 5.91 Å². The summed E-state index contributed by atoms with van der Waals surface area (Å²) in [7, 11) is 1.86. The van der Waals surface area contributed by atoms with Crippen molar-refractivity contribution < 1.29 is 45.1 Å². The Bertz CT molecular complexity index is 949. The van der Waals surface area contributed by atoms with Crippen LogP contribution in [0.5, 0.6) is 5.75 Å². The lowest BCUT2D eigenvalue weighted by Gasteiger charge is -2.25. The second-order valence-corrected chi connectivity index (χ2v) is 5.88. The lowest BCUT2D eigenvalue weighted by molar-refractivity contribution is -0.253. The maximum absolute atomic E-state index is 14.2. The first kappa shape index (κ1) is 23.0. The third-order valence-corrected chi connectivity index (χ3v) is 3.84. The zero-order chi connectivity index (χ0) is 22.8. The van der Waals surface area contributed by atoms with E-state index in [0.29, 0.717) is 21.9 Å². The first-order chi connectivity index (χ1) is 13.9. The van der Waals surface area contributed by atoms with E-state index >= 15 is 0 Å². The normalized spacial score (nSPS) is 11.4. The summed E-state index contributed by atoms with van der Waals surface area (Å²) in [5.74, 6) is -6.09. The molecule has 162 valence electrons. The summed E-state index contributed by atoms with van der Waals surface area (Å²) in [6.45, 7) is 0. The molecule has 2 aromatic rings. The molecule has 0 heterocycles. The molecule has 0 spiro atoms. The predicted octanol–water partition coefficient (Wildman–Crippen LogP) is 4.67. The molecule has 0 unspecified atom stereocenters. The highest BCUT2D eigenvalue weighted by molar-refractivity contribution is 6.08. The van der Waals surface area contributed by atoms with Gasteiger partial charge in [-0.15, -0.1) is 0 Å². The fraction of sp³-hybridized carbons (Fsp3) is 0.222. The van der Waals surface area contributed by atoms with Crippen molar-refractivity contribution in [3.8, 4) is 5.75 Å². The van der Waals surface area contributed by atoms with Gasteiger partial charge in [-0.1, -0.05) is 6.07 Å². The number of halogens is 7. The van der Waals surface area contributed by atoms with Crippen molar-refractivity contribution in [1.29, 1.82) is 0 Å². The summed E-state index contributed by atoms with van der Waals surface area (Å²) in [6, 6.07) is 3.15. The summed E-state index contributed by atoms with van der Waals surface area (Å²) in [6.07, 6.45) is -9.03. The summed E-state index contributed by atoms with van der Waals surface area (Å²) < 4.78 is 95.6. The largest absolute Gasteiger partial charge is 0.461 e. The number of hydrogen-bond acceptors (Lipinski definition) is 3. The molecule has 0 aliphatic rings. The molecule has 2 aromatic carbocycles. The van der Waals surface area contributed by atoms with Crippen LogP contribution in [-0.4, -0.2) is 43.5 Å². The molecule has 3 amide bonds. The van der Waals surface area contributed by atoms with Crippen LogP contribution in [0.1, 0.15) is 10.4 Å². The zero-order valence-corrected chi connectivity index (χ0v) is 15.3. The van der Waals surface area contributed by atoms with E-state index < -0.39 is 58.9 Å². The minimum Gasteiger partial charge on any atom is -0.428 e. The summed E-state index contributed by atoms with van der Waals surface area (Å²) in [5, 5.41) is 0. The molecule has 0 aliphatic heterocycles. The number of nitrogens with zero attached hydrogens (tertiary/aromatic N) is 2. The van der Waals surface area contributed by atoms with E-state index in [0.717, 1.165) is 38.4 Å². The van der Waals surface area contributed by atoms with Crippen molar-refractivity contribution in [2.24, 2.45) is 0 Å². The van der Waals surface area contributed by atoms with Crippen LogP contribution in [0.3, 0.4) is 0 Å². The van der Waals surface area contributed by atoms with Gasteiger partial charge in [-0.2, -0.15) is 17.6 Å². The quantitative estimate of drug-likeness (QED) is 0.638. The van der Waals surface area contributed by atoms with E-state index in [4.69, 9.17) is 0 Å². The monoisotopic (exact) mass is 438 g/mol. The van der Waals surface area contributed by atoms with Crippen LogP contribution in [0, 0.1) is 17.5 Å². The lowest BCUT2D eigenvalue weighted by Crippen LogP contribution is -2.43. The maximum atomic E-state index is 14.2. The Morgan fingerprint density at radius 1 is 0.967 bits per heavy atom. The highest BCUT2D eigenvalue weighted by Gasteiger charge is 2.44. The predicted molar refractivity (Wildman–Crippen MR) is 90.2 cm³/mol. The maximum Gasteiger partial charge on any atom is 0.461 e. The number of hydrogen-bond donors (Lipinski definition) is 0. The highest BCUT2D eigenvalue weighted by Crippen LogP contribution is 2.30. The smallest absolute Gasteiger partial charge is 0.428 e. The van der Waals surface area contributed by atoms with Crippen LogP contribution in [0.4, 0.5) is 41.2 Å². The summed E-state index contributed by atoms with van der Waals surface area (Å²) >= 11 is 0. The first-order valence-corrected chi connectivity index (χ1v) is 8.01. The van der Waals surface area contributed by atoms with Gasteiger partial charge in [0.2, 0.25) is 0 Å². The standard InChI is InChI=1S/C18H13F7N2O3/c1-26(13-7-6-9(8-12(13)21)30-18(24,25)16(22)23)17(29)27(2)15(28)14-10(19)4-3-5-11(14)20/h3-8,16H,1-2H3. The number of anilines is 1. The van der Waals surface area contributed by atoms with Gasteiger partial charge >= 0.3 is 18.6 Å². The molecule has 0 atom stereocenters. The van der Waals surface area contributed by atoms with E-state index in [2.05, 4.69) is 4.74 Å². The Hall–Kier alpha value is -3.31. The van der Waals surface area contributed by atoms with Crippen molar-refractivity contribution in [2.75, 3.05) is 19.0 Å². The van der Waals surface area contributed by atoms with E-state index in [1.807, 2.05) is 0 Å².